The number of carboxylic acid groups (broad SMARTS) is 1. The highest BCUT2D eigenvalue weighted by molar-refractivity contribution is 5.77. The van der Waals surface area contributed by atoms with Gasteiger partial charge in [0.05, 0.1) is 5.41 Å². The van der Waals surface area contributed by atoms with Crippen molar-refractivity contribution in [2.45, 2.75) is 58.9 Å². The predicted molar refractivity (Wildman–Crippen MR) is 81.0 cm³/mol. The molecule has 5 heteroatoms. The molecule has 0 heterocycles. The largest absolute Gasteiger partial charge is 0.481 e. The molecule has 0 aliphatic heterocycles. The first-order valence-corrected chi connectivity index (χ1v) is 8.13. The highest BCUT2D eigenvalue weighted by Crippen LogP contribution is 2.49. The van der Waals surface area contributed by atoms with Gasteiger partial charge in [-0.05, 0) is 57.3 Å². The minimum Gasteiger partial charge on any atom is -0.481 e. The number of fused-ring (bicyclic) bond motifs is 2. The zero-order valence-corrected chi connectivity index (χ0v) is 13.3. The van der Waals surface area contributed by atoms with Crippen molar-refractivity contribution in [3.05, 3.63) is 0 Å². The summed E-state index contributed by atoms with van der Waals surface area (Å²) < 4.78 is 0. The molecule has 2 saturated carbocycles. The molecule has 0 aromatic heterocycles. The lowest BCUT2D eigenvalue weighted by molar-refractivity contribution is -0.147. The van der Waals surface area contributed by atoms with Crippen molar-refractivity contribution in [3.8, 4) is 0 Å². The lowest BCUT2D eigenvalue weighted by atomic mass is 9.84. The summed E-state index contributed by atoms with van der Waals surface area (Å²) in [4.78, 5) is 23.2. The Balaban J connectivity index is 1.78. The van der Waals surface area contributed by atoms with Gasteiger partial charge in [-0.3, -0.25) is 4.79 Å². The summed E-state index contributed by atoms with van der Waals surface area (Å²) in [5, 5.41) is 14.9. The number of carbonyl (C=O) groups is 2. The van der Waals surface area contributed by atoms with Crippen LogP contribution >= 0.6 is 0 Å². The number of carboxylic acids is 1. The van der Waals surface area contributed by atoms with E-state index in [0.717, 1.165) is 11.8 Å². The quantitative estimate of drug-likeness (QED) is 0.705. The maximum atomic E-state index is 12.0. The van der Waals surface area contributed by atoms with Crippen molar-refractivity contribution in [1.29, 1.82) is 0 Å². The fraction of sp³-hybridized carbons (Fsp3) is 0.875. The Kier molecular flexibility index (Phi) is 4.79. The molecule has 0 aromatic rings. The molecule has 0 aromatic carbocycles. The number of rotatable bonds is 6. The summed E-state index contributed by atoms with van der Waals surface area (Å²) >= 11 is 0. The van der Waals surface area contributed by atoms with Crippen LogP contribution in [0.1, 0.15) is 52.9 Å². The maximum Gasteiger partial charge on any atom is 0.315 e. The van der Waals surface area contributed by atoms with Gasteiger partial charge < -0.3 is 15.7 Å². The van der Waals surface area contributed by atoms with E-state index in [9.17, 15) is 14.7 Å². The Bertz CT molecular complexity index is 412. The van der Waals surface area contributed by atoms with Gasteiger partial charge in [0.1, 0.15) is 0 Å². The SMILES string of the molecule is CCC(C)(CNC(=O)NC(C)C1CC2CCC1C2)C(=O)O. The zero-order chi connectivity index (χ0) is 15.6. The second-order valence-corrected chi connectivity index (χ2v) is 7.17. The number of amides is 2. The van der Waals surface area contributed by atoms with Gasteiger partial charge in [-0.15, -0.1) is 0 Å². The van der Waals surface area contributed by atoms with Gasteiger partial charge in [-0.2, -0.15) is 0 Å². The van der Waals surface area contributed by atoms with Crippen LogP contribution in [0.25, 0.3) is 0 Å². The van der Waals surface area contributed by atoms with Crippen LogP contribution in [-0.4, -0.2) is 29.7 Å². The number of hydrogen-bond acceptors (Lipinski definition) is 2. The molecule has 2 aliphatic carbocycles. The van der Waals surface area contributed by atoms with E-state index in [1.165, 1.54) is 25.7 Å². The van der Waals surface area contributed by atoms with Crippen molar-refractivity contribution in [1.82, 2.24) is 10.6 Å². The van der Waals surface area contributed by atoms with E-state index in [0.29, 0.717) is 12.3 Å². The van der Waals surface area contributed by atoms with E-state index < -0.39 is 11.4 Å². The monoisotopic (exact) mass is 296 g/mol. The fourth-order valence-corrected chi connectivity index (χ4v) is 3.90. The van der Waals surface area contributed by atoms with Gasteiger partial charge >= 0.3 is 12.0 Å². The standard InChI is InChI=1S/C16H28N2O3/c1-4-16(3,14(19)20)9-17-15(21)18-10(2)13-8-11-5-6-12(13)7-11/h10-13H,4-9H2,1-3H3,(H,19,20)(H2,17,18,21). The predicted octanol–water partition coefficient (Wildman–Crippen LogP) is 2.61. The molecule has 5 nitrogen and oxygen atoms in total. The summed E-state index contributed by atoms with van der Waals surface area (Å²) in [6, 6.07) is -0.0794. The Morgan fingerprint density at radius 1 is 1.33 bits per heavy atom. The van der Waals surface area contributed by atoms with Crippen molar-refractivity contribution in [2.75, 3.05) is 6.54 Å². The third-order valence-corrected chi connectivity index (χ3v) is 5.73. The van der Waals surface area contributed by atoms with E-state index in [1.54, 1.807) is 6.92 Å². The Morgan fingerprint density at radius 2 is 2.05 bits per heavy atom. The molecule has 0 radical (unpaired) electrons. The number of hydrogen-bond donors (Lipinski definition) is 3. The first-order chi connectivity index (χ1) is 9.85. The highest BCUT2D eigenvalue weighted by atomic mass is 16.4. The molecule has 5 unspecified atom stereocenters. The minimum atomic E-state index is -0.896. The maximum absolute atomic E-state index is 12.0. The van der Waals surface area contributed by atoms with Gasteiger partial charge in [0.25, 0.3) is 0 Å². The topological polar surface area (TPSA) is 78.4 Å². The third-order valence-electron chi connectivity index (χ3n) is 5.73. The van der Waals surface area contributed by atoms with Crippen LogP contribution in [0.15, 0.2) is 0 Å². The molecule has 3 N–H and O–H groups in total. The fourth-order valence-electron chi connectivity index (χ4n) is 3.90. The lowest BCUT2D eigenvalue weighted by Gasteiger charge is -2.29. The van der Waals surface area contributed by atoms with Crippen LogP contribution in [0, 0.1) is 23.2 Å². The number of urea groups is 1. The summed E-state index contributed by atoms with van der Waals surface area (Å²) in [6.07, 6.45) is 5.70. The summed E-state index contributed by atoms with van der Waals surface area (Å²) in [5.41, 5.74) is -0.896. The first kappa shape index (κ1) is 16.1. The Hall–Kier alpha value is -1.26. The van der Waals surface area contributed by atoms with Crippen molar-refractivity contribution < 1.29 is 14.7 Å². The zero-order valence-electron chi connectivity index (χ0n) is 13.3. The molecule has 2 aliphatic rings. The average molecular weight is 296 g/mol. The van der Waals surface area contributed by atoms with Crippen LogP contribution < -0.4 is 10.6 Å². The molecule has 120 valence electrons. The van der Waals surface area contributed by atoms with Gasteiger partial charge in [0, 0.05) is 12.6 Å². The second kappa shape index (κ2) is 6.24. The van der Waals surface area contributed by atoms with Gasteiger partial charge in [-0.25, -0.2) is 4.79 Å². The Labute approximate surface area is 126 Å². The second-order valence-electron chi connectivity index (χ2n) is 7.17. The van der Waals surface area contributed by atoms with Crippen molar-refractivity contribution in [2.24, 2.45) is 23.2 Å². The molecular weight excluding hydrogens is 268 g/mol. The Morgan fingerprint density at radius 3 is 2.52 bits per heavy atom. The van der Waals surface area contributed by atoms with E-state index >= 15 is 0 Å². The van der Waals surface area contributed by atoms with Crippen LogP contribution in [0.4, 0.5) is 4.79 Å². The lowest BCUT2D eigenvalue weighted by Crippen LogP contribution is -2.49. The molecule has 2 amide bonds. The number of carbonyl (C=O) groups excluding carboxylic acids is 1. The smallest absolute Gasteiger partial charge is 0.315 e. The molecule has 0 spiro atoms. The van der Waals surface area contributed by atoms with Gasteiger partial charge in [-0.1, -0.05) is 13.3 Å². The molecule has 0 saturated heterocycles. The van der Waals surface area contributed by atoms with Gasteiger partial charge in [0.15, 0.2) is 0 Å². The van der Waals surface area contributed by atoms with Crippen LogP contribution in [-0.2, 0) is 4.79 Å². The van der Waals surface area contributed by atoms with Crippen molar-refractivity contribution >= 4 is 12.0 Å². The first-order valence-electron chi connectivity index (χ1n) is 8.13. The average Bonchev–Trinajstić information content (AvgIpc) is 3.07. The van der Waals surface area contributed by atoms with E-state index in [2.05, 4.69) is 17.6 Å². The molecule has 5 atom stereocenters. The van der Waals surface area contributed by atoms with Crippen LogP contribution in [0.3, 0.4) is 0 Å². The van der Waals surface area contributed by atoms with Crippen molar-refractivity contribution in [3.63, 3.8) is 0 Å². The molecular formula is C16H28N2O3. The molecule has 2 fully saturated rings. The molecule has 2 bridgehead atoms. The number of aliphatic carboxylic acids is 1. The molecule has 2 rings (SSSR count). The van der Waals surface area contributed by atoms with Crippen LogP contribution in [0.2, 0.25) is 0 Å². The summed E-state index contributed by atoms with van der Waals surface area (Å²) in [7, 11) is 0. The molecule has 21 heavy (non-hydrogen) atoms. The van der Waals surface area contributed by atoms with E-state index in [1.807, 2.05) is 6.92 Å². The summed E-state index contributed by atoms with van der Waals surface area (Å²) in [6.45, 7) is 5.72. The van der Waals surface area contributed by atoms with Gasteiger partial charge in [0.2, 0.25) is 0 Å². The third kappa shape index (κ3) is 3.50. The minimum absolute atomic E-state index is 0.161. The summed E-state index contributed by atoms with van der Waals surface area (Å²) in [5.74, 6) is 1.35. The highest BCUT2D eigenvalue weighted by Gasteiger charge is 2.42. The van der Waals surface area contributed by atoms with Crippen LogP contribution in [0.5, 0.6) is 0 Å². The van der Waals surface area contributed by atoms with E-state index in [4.69, 9.17) is 0 Å². The number of nitrogens with one attached hydrogen (secondary N) is 2. The normalized spacial score (nSPS) is 31.5. The van der Waals surface area contributed by atoms with E-state index in [-0.39, 0.29) is 18.6 Å².